The van der Waals surface area contributed by atoms with Crippen LogP contribution in [0.5, 0.6) is 0 Å². The van der Waals surface area contributed by atoms with Crippen molar-refractivity contribution in [2.75, 3.05) is 39.3 Å². The molecule has 25 heavy (non-hydrogen) atoms. The Morgan fingerprint density at radius 3 is 2.36 bits per heavy atom. The van der Waals surface area contributed by atoms with E-state index in [0.29, 0.717) is 12.5 Å². The number of hydrogen-bond acceptors (Lipinski definition) is 5. The maximum atomic E-state index is 12.4. The third kappa shape index (κ3) is 7.63. The van der Waals surface area contributed by atoms with Crippen molar-refractivity contribution in [1.82, 2.24) is 19.9 Å². The van der Waals surface area contributed by atoms with E-state index in [4.69, 9.17) is 0 Å². The van der Waals surface area contributed by atoms with E-state index in [1.54, 1.807) is 0 Å². The third-order valence-electron chi connectivity index (χ3n) is 3.49. The minimum absolute atomic E-state index is 0. The second-order valence-electron chi connectivity index (χ2n) is 5.22. The second kappa shape index (κ2) is 10.5. The van der Waals surface area contributed by atoms with Gasteiger partial charge < -0.3 is 10.2 Å². The molecule has 1 aliphatic heterocycles. The van der Waals surface area contributed by atoms with Gasteiger partial charge in [0.1, 0.15) is 10.6 Å². The standard InChI is InChI=1S/C13H19F3N4O2S.2ClH/c14-13(15,16)12-3-2-11(10-18-12)23(21,22)19-4-1-7-20-8-5-17-6-9-20;;/h2-3,10,17,19H,1,4-9H2;2*1H. The highest BCUT2D eigenvalue weighted by molar-refractivity contribution is 7.89. The van der Waals surface area contributed by atoms with E-state index < -0.39 is 21.9 Å². The first-order valence-corrected chi connectivity index (χ1v) is 8.73. The maximum Gasteiger partial charge on any atom is 0.433 e. The molecule has 12 heteroatoms. The van der Waals surface area contributed by atoms with Gasteiger partial charge in [0.15, 0.2) is 0 Å². The lowest BCUT2D eigenvalue weighted by Crippen LogP contribution is -2.44. The van der Waals surface area contributed by atoms with Crippen LogP contribution in [-0.2, 0) is 16.2 Å². The van der Waals surface area contributed by atoms with Crippen LogP contribution in [0.25, 0.3) is 0 Å². The minimum atomic E-state index is -4.58. The molecule has 2 rings (SSSR count). The van der Waals surface area contributed by atoms with Gasteiger partial charge in [-0.15, -0.1) is 24.8 Å². The number of piperazine rings is 1. The Balaban J connectivity index is 0.00000288. The van der Waals surface area contributed by atoms with Gasteiger partial charge in [0, 0.05) is 38.9 Å². The SMILES string of the molecule is Cl.Cl.O=S(=O)(NCCCN1CCNCC1)c1ccc(C(F)(F)F)nc1. The molecule has 0 spiro atoms. The van der Waals surface area contributed by atoms with Crippen LogP contribution in [0.15, 0.2) is 23.2 Å². The molecule has 2 heterocycles. The van der Waals surface area contributed by atoms with Crippen molar-refractivity contribution in [3.63, 3.8) is 0 Å². The number of hydrogen-bond donors (Lipinski definition) is 2. The summed E-state index contributed by atoms with van der Waals surface area (Å²) in [5, 5.41) is 3.23. The number of halogens is 5. The van der Waals surface area contributed by atoms with Crippen molar-refractivity contribution in [2.45, 2.75) is 17.5 Å². The Bertz CT molecular complexity index is 609. The lowest BCUT2D eigenvalue weighted by Gasteiger charge is -2.27. The predicted octanol–water partition coefficient (Wildman–Crippen LogP) is 1.52. The molecule has 0 saturated carbocycles. The quantitative estimate of drug-likeness (QED) is 0.677. The summed E-state index contributed by atoms with van der Waals surface area (Å²) < 4.78 is 63.6. The molecule has 0 bridgehead atoms. The number of alkyl halides is 3. The van der Waals surface area contributed by atoms with Gasteiger partial charge in [0.25, 0.3) is 0 Å². The fraction of sp³-hybridized carbons (Fsp3) is 0.615. The molecule has 1 aromatic rings. The zero-order valence-electron chi connectivity index (χ0n) is 13.3. The van der Waals surface area contributed by atoms with Gasteiger partial charge in [-0.25, -0.2) is 13.1 Å². The van der Waals surface area contributed by atoms with Crippen LogP contribution in [0.1, 0.15) is 12.1 Å². The number of nitrogens with one attached hydrogen (secondary N) is 2. The largest absolute Gasteiger partial charge is 0.433 e. The average molecular weight is 425 g/mol. The van der Waals surface area contributed by atoms with Crippen LogP contribution in [-0.4, -0.2) is 57.6 Å². The zero-order chi connectivity index (χ0) is 16.9. The van der Waals surface area contributed by atoms with Crippen molar-refractivity contribution >= 4 is 34.8 Å². The molecule has 0 amide bonds. The Morgan fingerprint density at radius 2 is 1.84 bits per heavy atom. The summed E-state index contributed by atoms with van der Waals surface area (Å²) in [5.41, 5.74) is -1.12. The van der Waals surface area contributed by atoms with Crippen LogP contribution in [0.3, 0.4) is 0 Å². The molecule has 1 fully saturated rings. The highest BCUT2D eigenvalue weighted by Crippen LogP contribution is 2.27. The highest BCUT2D eigenvalue weighted by Gasteiger charge is 2.32. The first-order valence-electron chi connectivity index (χ1n) is 7.25. The fourth-order valence-corrected chi connectivity index (χ4v) is 3.25. The summed E-state index contributed by atoms with van der Waals surface area (Å²) >= 11 is 0. The normalized spacial score (nSPS) is 16.0. The molecule has 1 aromatic heterocycles. The molecule has 6 nitrogen and oxygen atoms in total. The third-order valence-corrected chi connectivity index (χ3v) is 4.94. The van der Waals surface area contributed by atoms with Crippen molar-refractivity contribution in [3.8, 4) is 0 Å². The molecule has 2 N–H and O–H groups in total. The van der Waals surface area contributed by atoms with Crippen molar-refractivity contribution in [2.24, 2.45) is 0 Å². The number of sulfonamides is 1. The second-order valence-corrected chi connectivity index (χ2v) is 6.99. The first-order chi connectivity index (χ1) is 10.8. The monoisotopic (exact) mass is 424 g/mol. The van der Waals surface area contributed by atoms with Gasteiger partial charge in [0.2, 0.25) is 10.0 Å². The van der Waals surface area contributed by atoms with Crippen LogP contribution < -0.4 is 10.0 Å². The first kappa shape index (κ1) is 24.4. The molecular weight excluding hydrogens is 404 g/mol. The molecule has 0 unspecified atom stereocenters. The summed E-state index contributed by atoms with van der Waals surface area (Å²) in [7, 11) is -3.84. The minimum Gasteiger partial charge on any atom is -0.314 e. The Labute approximate surface area is 157 Å². The molecule has 0 aliphatic carbocycles. The smallest absolute Gasteiger partial charge is 0.314 e. The number of nitrogens with zero attached hydrogens (tertiary/aromatic N) is 2. The van der Waals surface area contributed by atoms with Crippen LogP contribution in [0.4, 0.5) is 13.2 Å². The number of rotatable bonds is 6. The molecule has 0 aromatic carbocycles. The van der Waals surface area contributed by atoms with Crippen molar-refractivity contribution < 1.29 is 21.6 Å². The van der Waals surface area contributed by atoms with E-state index >= 15 is 0 Å². The van der Waals surface area contributed by atoms with Crippen molar-refractivity contribution in [3.05, 3.63) is 24.0 Å². The van der Waals surface area contributed by atoms with E-state index in [1.165, 1.54) is 0 Å². The molecule has 146 valence electrons. The van der Waals surface area contributed by atoms with Gasteiger partial charge in [-0.05, 0) is 25.1 Å². The predicted molar refractivity (Wildman–Crippen MR) is 92.9 cm³/mol. The van der Waals surface area contributed by atoms with Crippen LogP contribution in [0, 0.1) is 0 Å². The Morgan fingerprint density at radius 1 is 1.20 bits per heavy atom. The van der Waals surface area contributed by atoms with Gasteiger partial charge in [-0.2, -0.15) is 13.2 Å². The maximum absolute atomic E-state index is 12.4. The fourth-order valence-electron chi connectivity index (χ4n) is 2.23. The van der Waals surface area contributed by atoms with E-state index in [0.717, 1.165) is 45.0 Å². The van der Waals surface area contributed by atoms with Gasteiger partial charge in [-0.3, -0.25) is 4.98 Å². The van der Waals surface area contributed by atoms with Crippen molar-refractivity contribution in [1.29, 1.82) is 0 Å². The van der Waals surface area contributed by atoms with Crippen LogP contribution in [0.2, 0.25) is 0 Å². The van der Waals surface area contributed by atoms with Crippen LogP contribution >= 0.6 is 24.8 Å². The Hall–Kier alpha value is -0.650. The lowest BCUT2D eigenvalue weighted by molar-refractivity contribution is -0.141. The van der Waals surface area contributed by atoms with E-state index in [2.05, 4.69) is 19.9 Å². The molecule has 1 saturated heterocycles. The van der Waals surface area contributed by atoms with Gasteiger partial charge >= 0.3 is 6.18 Å². The Kier molecular flexibility index (Phi) is 10.2. The molecule has 1 aliphatic rings. The highest BCUT2D eigenvalue weighted by atomic mass is 35.5. The average Bonchev–Trinajstić information content (AvgIpc) is 2.52. The zero-order valence-corrected chi connectivity index (χ0v) is 15.7. The molecular formula is C13H21Cl2F3N4O2S. The van der Waals surface area contributed by atoms with E-state index in [-0.39, 0.29) is 36.3 Å². The summed E-state index contributed by atoms with van der Waals surface area (Å²) in [6.07, 6.45) is -3.23. The number of pyridine rings is 1. The van der Waals surface area contributed by atoms with Gasteiger partial charge in [-0.1, -0.05) is 0 Å². The molecule has 0 radical (unpaired) electrons. The number of aromatic nitrogens is 1. The topological polar surface area (TPSA) is 74.3 Å². The van der Waals surface area contributed by atoms with E-state index in [9.17, 15) is 21.6 Å². The summed E-state index contributed by atoms with van der Waals surface area (Å²) in [6, 6.07) is 1.57. The van der Waals surface area contributed by atoms with Gasteiger partial charge in [0.05, 0.1) is 0 Å². The summed E-state index contributed by atoms with van der Waals surface area (Å²) in [5.74, 6) is 0. The summed E-state index contributed by atoms with van der Waals surface area (Å²) in [4.78, 5) is 5.11. The lowest BCUT2D eigenvalue weighted by atomic mass is 10.3. The molecule has 0 atom stereocenters. The summed E-state index contributed by atoms with van der Waals surface area (Å²) in [6.45, 7) is 4.69. The van der Waals surface area contributed by atoms with E-state index in [1.807, 2.05) is 0 Å².